The molecule has 0 spiro atoms. The van der Waals surface area contributed by atoms with Gasteiger partial charge in [0.25, 0.3) is 0 Å². The van der Waals surface area contributed by atoms with Crippen molar-refractivity contribution in [2.45, 2.75) is 45.1 Å². The Labute approximate surface area is 171 Å². The second kappa shape index (κ2) is 8.68. The summed E-state index contributed by atoms with van der Waals surface area (Å²) in [6.07, 6.45) is 3.34. The zero-order valence-electron chi connectivity index (χ0n) is 16.9. The highest BCUT2D eigenvalue weighted by molar-refractivity contribution is 5.98. The van der Waals surface area contributed by atoms with Crippen molar-refractivity contribution in [1.29, 1.82) is 0 Å². The molecule has 5 heteroatoms. The van der Waals surface area contributed by atoms with Gasteiger partial charge in [0.05, 0.1) is 6.04 Å². The number of amides is 1. The van der Waals surface area contributed by atoms with Crippen LogP contribution in [0.2, 0.25) is 0 Å². The highest BCUT2D eigenvalue weighted by atomic mass is 16.6. The molecule has 1 atom stereocenters. The van der Waals surface area contributed by atoms with E-state index in [0.717, 1.165) is 42.9 Å². The molecule has 2 heterocycles. The van der Waals surface area contributed by atoms with E-state index in [0.29, 0.717) is 18.8 Å². The number of nitrogens with zero attached hydrogens (tertiary/aromatic N) is 1. The highest BCUT2D eigenvalue weighted by Crippen LogP contribution is 2.38. The maximum Gasteiger partial charge on any atom is 0.223 e. The van der Waals surface area contributed by atoms with Crippen molar-refractivity contribution in [1.82, 2.24) is 4.90 Å². The molecule has 2 aliphatic rings. The summed E-state index contributed by atoms with van der Waals surface area (Å²) in [5.74, 6) is 1.58. The number of ether oxygens (including phenoxy) is 2. The van der Waals surface area contributed by atoms with E-state index in [1.54, 1.807) is 0 Å². The predicted molar refractivity (Wildman–Crippen MR) is 111 cm³/mol. The van der Waals surface area contributed by atoms with Crippen molar-refractivity contribution in [3.8, 4) is 11.5 Å². The first kappa shape index (κ1) is 19.5. The van der Waals surface area contributed by atoms with Crippen LogP contribution in [-0.4, -0.2) is 36.3 Å². The van der Waals surface area contributed by atoms with Gasteiger partial charge in [0.1, 0.15) is 13.2 Å². The molecule has 2 aromatic carbocycles. The molecule has 0 radical (unpaired) electrons. The fourth-order valence-electron chi connectivity index (χ4n) is 4.11. The van der Waals surface area contributed by atoms with Crippen LogP contribution in [0.5, 0.6) is 11.5 Å². The summed E-state index contributed by atoms with van der Waals surface area (Å²) in [6.45, 7) is 3.93. The van der Waals surface area contributed by atoms with Gasteiger partial charge in [-0.1, -0.05) is 37.3 Å². The van der Waals surface area contributed by atoms with Crippen LogP contribution in [0.15, 0.2) is 42.5 Å². The minimum absolute atomic E-state index is 0.0241. The monoisotopic (exact) mass is 393 g/mol. The lowest BCUT2D eigenvalue weighted by atomic mass is 10.0. The molecule has 1 saturated heterocycles. The smallest absolute Gasteiger partial charge is 0.223 e. The molecule has 0 unspecified atom stereocenters. The third kappa shape index (κ3) is 4.29. The Hall–Kier alpha value is -2.82. The molecule has 0 aromatic heterocycles. The van der Waals surface area contributed by atoms with Crippen LogP contribution in [-0.2, 0) is 11.2 Å². The number of likely N-dealkylation sites (tertiary alicyclic amines) is 1. The van der Waals surface area contributed by atoms with Gasteiger partial charge in [-0.25, -0.2) is 0 Å². The number of hydrogen-bond donors (Lipinski definition) is 0. The summed E-state index contributed by atoms with van der Waals surface area (Å²) >= 11 is 0. The molecule has 2 aliphatic heterocycles. The SMILES string of the molecule is CCc1ccc(C(=O)CCC(=O)N2CCC[C@@H]2c2ccc3c(c2)OCCO3)cc1. The molecular weight excluding hydrogens is 366 g/mol. The van der Waals surface area contributed by atoms with Gasteiger partial charge in [-0.2, -0.15) is 0 Å². The molecule has 0 N–H and O–H groups in total. The minimum atomic E-state index is 0.0241. The lowest BCUT2D eigenvalue weighted by Gasteiger charge is -2.26. The minimum Gasteiger partial charge on any atom is -0.486 e. The third-order valence-electron chi connectivity index (χ3n) is 5.77. The van der Waals surface area contributed by atoms with Crippen molar-refractivity contribution >= 4 is 11.7 Å². The van der Waals surface area contributed by atoms with Gasteiger partial charge in [0.2, 0.25) is 5.91 Å². The maximum absolute atomic E-state index is 12.9. The lowest BCUT2D eigenvalue weighted by molar-refractivity contribution is -0.132. The summed E-state index contributed by atoms with van der Waals surface area (Å²) in [5.41, 5.74) is 2.96. The molecule has 1 amide bonds. The molecule has 2 aromatic rings. The van der Waals surface area contributed by atoms with Crippen molar-refractivity contribution < 1.29 is 19.1 Å². The Morgan fingerprint density at radius 3 is 2.52 bits per heavy atom. The van der Waals surface area contributed by atoms with Gasteiger partial charge < -0.3 is 14.4 Å². The number of hydrogen-bond acceptors (Lipinski definition) is 4. The maximum atomic E-state index is 12.9. The van der Waals surface area contributed by atoms with Crippen molar-refractivity contribution in [3.63, 3.8) is 0 Å². The van der Waals surface area contributed by atoms with E-state index in [1.165, 1.54) is 5.56 Å². The van der Waals surface area contributed by atoms with E-state index in [-0.39, 0.29) is 30.6 Å². The van der Waals surface area contributed by atoms with Crippen LogP contribution in [0.3, 0.4) is 0 Å². The van der Waals surface area contributed by atoms with Gasteiger partial charge in [0, 0.05) is 24.9 Å². The number of ketones is 1. The number of Topliss-reactive ketones (excluding diaryl/α,β-unsaturated/α-hetero) is 1. The van der Waals surface area contributed by atoms with Crippen molar-refractivity contribution in [2.24, 2.45) is 0 Å². The summed E-state index contributed by atoms with van der Waals surface area (Å²) < 4.78 is 11.3. The van der Waals surface area contributed by atoms with Crippen LogP contribution in [0.1, 0.15) is 60.1 Å². The van der Waals surface area contributed by atoms with Crippen LogP contribution >= 0.6 is 0 Å². The number of carbonyl (C=O) groups is 2. The summed E-state index contributed by atoms with van der Waals surface area (Å²) in [5, 5.41) is 0. The fraction of sp³-hybridized carbons (Fsp3) is 0.417. The standard InChI is InChI=1S/C24H27NO4/c1-2-17-5-7-18(8-6-17)21(26)10-12-24(27)25-13-3-4-20(25)19-9-11-22-23(16-19)29-15-14-28-22/h5-9,11,16,20H,2-4,10,12-15H2,1H3/t20-/m1/s1. The average Bonchev–Trinajstić information content (AvgIpc) is 3.27. The zero-order valence-corrected chi connectivity index (χ0v) is 16.9. The third-order valence-corrected chi connectivity index (χ3v) is 5.77. The Morgan fingerprint density at radius 2 is 1.76 bits per heavy atom. The normalized spacial score (nSPS) is 18.0. The zero-order chi connectivity index (χ0) is 20.2. The molecule has 0 bridgehead atoms. The first-order valence-electron chi connectivity index (χ1n) is 10.5. The molecule has 4 rings (SSSR count). The average molecular weight is 393 g/mol. The van der Waals surface area contributed by atoms with Crippen molar-refractivity contribution in [3.05, 3.63) is 59.2 Å². The van der Waals surface area contributed by atoms with Crippen LogP contribution in [0.25, 0.3) is 0 Å². The lowest BCUT2D eigenvalue weighted by Crippen LogP contribution is -2.30. The number of benzene rings is 2. The van der Waals surface area contributed by atoms with Gasteiger partial charge in [-0.15, -0.1) is 0 Å². The molecular formula is C24H27NO4. The second-order valence-corrected chi connectivity index (χ2v) is 7.62. The van der Waals surface area contributed by atoms with E-state index in [4.69, 9.17) is 9.47 Å². The largest absolute Gasteiger partial charge is 0.486 e. The van der Waals surface area contributed by atoms with E-state index in [2.05, 4.69) is 6.92 Å². The first-order chi connectivity index (χ1) is 14.2. The second-order valence-electron chi connectivity index (χ2n) is 7.62. The number of carbonyl (C=O) groups excluding carboxylic acids is 2. The fourth-order valence-corrected chi connectivity index (χ4v) is 4.11. The Balaban J connectivity index is 1.39. The number of rotatable bonds is 6. The van der Waals surface area contributed by atoms with E-state index in [9.17, 15) is 9.59 Å². The van der Waals surface area contributed by atoms with Gasteiger partial charge in [0.15, 0.2) is 17.3 Å². The molecule has 5 nitrogen and oxygen atoms in total. The first-order valence-corrected chi connectivity index (χ1v) is 10.5. The molecule has 0 saturated carbocycles. The molecule has 152 valence electrons. The van der Waals surface area contributed by atoms with Crippen LogP contribution < -0.4 is 9.47 Å². The molecule has 1 fully saturated rings. The number of fused-ring (bicyclic) bond motifs is 1. The quantitative estimate of drug-likeness (QED) is 0.685. The van der Waals surface area contributed by atoms with E-state index in [1.807, 2.05) is 47.4 Å². The highest BCUT2D eigenvalue weighted by Gasteiger charge is 2.30. The topological polar surface area (TPSA) is 55.8 Å². The van der Waals surface area contributed by atoms with E-state index >= 15 is 0 Å². The van der Waals surface area contributed by atoms with Gasteiger partial charge in [-0.05, 0) is 42.5 Å². The molecule has 29 heavy (non-hydrogen) atoms. The van der Waals surface area contributed by atoms with Crippen molar-refractivity contribution in [2.75, 3.05) is 19.8 Å². The van der Waals surface area contributed by atoms with Crippen LogP contribution in [0, 0.1) is 0 Å². The molecule has 0 aliphatic carbocycles. The van der Waals surface area contributed by atoms with Gasteiger partial charge >= 0.3 is 0 Å². The van der Waals surface area contributed by atoms with Crippen LogP contribution in [0.4, 0.5) is 0 Å². The predicted octanol–water partition coefficient (Wildman–Crippen LogP) is 4.35. The summed E-state index contributed by atoms with van der Waals surface area (Å²) in [6, 6.07) is 13.7. The Bertz CT molecular complexity index is 890. The van der Waals surface area contributed by atoms with Gasteiger partial charge in [-0.3, -0.25) is 9.59 Å². The summed E-state index contributed by atoms with van der Waals surface area (Å²) in [7, 11) is 0. The Kier molecular flexibility index (Phi) is 5.84. The van der Waals surface area contributed by atoms with E-state index < -0.39 is 0 Å². The number of aryl methyl sites for hydroxylation is 1. The Morgan fingerprint density at radius 1 is 1.00 bits per heavy atom. The summed E-state index contributed by atoms with van der Waals surface area (Å²) in [4.78, 5) is 27.3.